The second kappa shape index (κ2) is 6.64. The number of hydrogen-bond acceptors (Lipinski definition) is 5. The zero-order valence-corrected chi connectivity index (χ0v) is 13.3. The van der Waals surface area contributed by atoms with E-state index < -0.39 is 17.4 Å². The number of rotatable bonds is 5. The minimum atomic E-state index is -1.19. The quantitative estimate of drug-likeness (QED) is 0.857. The van der Waals surface area contributed by atoms with Crippen molar-refractivity contribution < 1.29 is 18.7 Å². The Morgan fingerprint density at radius 2 is 2.04 bits per heavy atom. The van der Waals surface area contributed by atoms with Crippen LogP contribution in [-0.4, -0.2) is 23.2 Å². The van der Waals surface area contributed by atoms with E-state index in [1.54, 1.807) is 39.0 Å². The smallest absolute Gasteiger partial charge is 0.349 e. The number of carbonyl (C=O) groups excluding carboxylic acids is 1. The van der Waals surface area contributed by atoms with Gasteiger partial charge in [-0.2, -0.15) is 0 Å². The number of aromatic nitrogens is 1. The van der Waals surface area contributed by atoms with Gasteiger partial charge in [0.1, 0.15) is 17.4 Å². The minimum absolute atomic E-state index is 0.245. The molecule has 0 saturated carbocycles. The van der Waals surface area contributed by atoms with Crippen LogP contribution in [0.15, 0.2) is 36.4 Å². The van der Waals surface area contributed by atoms with E-state index >= 15 is 0 Å². The lowest BCUT2D eigenvalue weighted by Gasteiger charge is -2.24. The molecule has 1 aromatic heterocycles. The summed E-state index contributed by atoms with van der Waals surface area (Å²) >= 11 is 0. The Morgan fingerprint density at radius 3 is 2.70 bits per heavy atom. The van der Waals surface area contributed by atoms with Crippen LogP contribution in [0.3, 0.4) is 0 Å². The molecule has 0 aliphatic carbocycles. The van der Waals surface area contributed by atoms with Gasteiger partial charge in [0.15, 0.2) is 5.60 Å². The number of nitrogens with two attached hydrogens (primary N) is 1. The van der Waals surface area contributed by atoms with Crippen molar-refractivity contribution in [3.63, 3.8) is 0 Å². The summed E-state index contributed by atoms with van der Waals surface area (Å²) in [5.74, 6) is -0.318. The van der Waals surface area contributed by atoms with Crippen LogP contribution in [0.25, 0.3) is 11.3 Å². The second-order valence-electron chi connectivity index (χ2n) is 5.42. The Labute approximate surface area is 134 Å². The molecule has 0 saturated heterocycles. The first-order valence-electron chi connectivity index (χ1n) is 7.22. The summed E-state index contributed by atoms with van der Waals surface area (Å²) in [6.45, 7) is 5.16. The monoisotopic (exact) mass is 318 g/mol. The van der Waals surface area contributed by atoms with Crippen molar-refractivity contribution in [2.24, 2.45) is 0 Å². The van der Waals surface area contributed by atoms with E-state index in [4.69, 9.17) is 15.2 Å². The van der Waals surface area contributed by atoms with E-state index in [1.165, 1.54) is 18.2 Å². The van der Waals surface area contributed by atoms with Crippen LogP contribution >= 0.6 is 0 Å². The Kier molecular flexibility index (Phi) is 4.83. The molecule has 0 aliphatic heterocycles. The number of halogens is 1. The molecule has 2 aromatic rings. The van der Waals surface area contributed by atoms with Gasteiger partial charge < -0.3 is 15.2 Å². The number of ether oxygens (including phenoxy) is 2. The highest BCUT2D eigenvalue weighted by Gasteiger charge is 2.31. The third kappa shape index (κ3) is 3.97. The first kappa shape index (κ1) is 16.7. The fourth-order valence-corrected chi connectivity index (χ4v) is 2.01. The largest absolute Gasteiger partial charge is 0.476 e. The fourth-order valence-electron chi connectivity index (χ4n) is 2.01. The van der Waals surface area contributed by atoms with Gasteiger partial charge in [0.2, 0.25) is 0 Å². The van der Waals surface area contributed by atoms with E-state index in [-0.39, 0.29) is 12.2 Å². The van der Waals surface area contributed by atoms with Crippen molar-refractivity contribution in [1.29, 1.82) is 0 Å². The van der Waals surface area contributed by atoms with Crippen molar-refractivity contribution in [3.8, 4) is 17.0 Å². The van der Waals surface area contributed by atoms with Crippen molar-refractivity contribution in [3.05, 3.63) is 42.2 Å². The SMILES string of the molecule is CCOC(=O)C(C)(C)Oc1ccc(F)c(-c2cccc(N)n2)c1. The molecule has 0 unspecified atom stereocenters. The van der Waals surface area contributed by atoms with Gasteiger partial charge in [-0.1, -0.05) is 6.07 Å². The molecule has 0 radical (unpaired) electrons. The number of pyridine rings is 1. The Balaban J connectivity index is 2.32. The second-order valence-corrected chi connectivity index (χ2v) is 5.42. The molecule has 2 N–H and O–H groups in total. The molecule has 1 aromatic carbocycles. The highest BCUT2D eigenvalue weighted by molar-refractivity contribution is 5.79. The highest BCUT2D eigenvalue weighted by Crippen LogP contribution is 2.28. The number of hydrogen-bond donors (Lipinski definition) is 1. The van der Waals surface area contributed by atoms with Crippen molar-refractivity contribution >= 4 is 11.8 Å². The summed E-state index contributed by atoms with van der Waals surface area (Å²) in [6.07, 6.45) is 0. The predicted octanol–water partition coefficient (Wildman–Crippen LogP) is 3.19. The van der Waals surface area contributed by atoms with Gasteiger partial charge >= 0.3 is 5.97 Å². The highest BCUT2D eigenvalue weighted by atomic mass is 19.1. The van der Waals surface area contributed by atoms with Crippen LogP contribution in [0.2, 0.25) is 0 Å². The summed E-state index contributed by atoms with van der Waals surface area (Å²) in [7, 11) is 0. The lowest BCUT2D eigenvalue weighted by molar-refractivity contribution is -0.158. The minimum Gasteiger partial charge on any atom is -0.476 e. The Bertz CT molecular complexity index is 717. The molecular formula is C17H19FN2O3. The van der Waals surface area contributed by atoms with Gasteiger partial charge in [-0.15, -0.1) is 0 Å². The van der Waals surface area contributed by atoms with Crippen LogP contribution in [0.4, 0.5) is 10.2 Å². The number of benzene rings is 1. The van der Waals surface area contributed by atoms with Crippen molar-refractivity contribution in [2.45, 2.75) is 26.4 Å². The maximum atomic E-state index is 14.1. The first-order chi connectivity index (χ1) is 10.8. The summed E-state index contributed by atoms with van der Waals surface area (Å²) in [5, 5.41) is 0. The molecule has 0 bridgehead atoms. The lowest BCUT2D eigenvalue weighted by Crippen LogP contribution is -2.39. The molecule has 1 heterocycles. The number of anilines is 1. The Morgan fingerprint density at radius 1 is 1.30 bits per heavy atom. The van der Waals surface area contributed by atoms with E-state index in [0.717, 1.165) is 0 Å². The first-order valence-corrected chi connectivity index (χ1v) is 7.22. The molecule has 6 heteroatoms. The van der Waals surface area contributed by atoms with Gasteiger partial charge in [-0.3, -0.25) is 0 Å². The summed E-state index contributed by atoms with van der Waals surface area (Å²) < 4.78 is 24.7. The number of carbonyl (C=O) groups is 1. The molecule has 0 amide bonds. The van der Waals surface area contributed by atoms with Gasteiger partial charge in [0, 0.05) is 5.56 Å². The van der Waals surface area contributed by atoms with Crippen molar-refractivity contribution in [2.75, 3.05) is 12.3 Å². The van der Waals surface area contributed by atoms with E-state index in [9.17, 15) is 9.18 Å². The molecule has 0 fully saturated rings. The number of esters is 1. The maximum absolute atomic E-state index is 14.1. The van der Waals surface area contributed by atoms with Crippen LogP contribution in [-0.2, 0) is 9.53 Å². The summed E-state index contributed by atoms with van der Waals surface area (Å²) in [4.78, 5) is 16.0. The van der Waals surface area contributed by atoms with Gasteiger partial charge in [0.25, 0.3) is 0 Å². The van der Waals surface area contributed by atoms with E-state index in [2.05, 4.69) is 4.98 Å². The van der Waals surface area contributed by atoms with Crippen LogP contribution in [0, 0.1) is 5.82 Å². The van der Waals surface area contributed by atoms with Crippen molar-refractivity contribution in [1.82, 2.24) is 4.98 Å². The zero-order chi connectivity index (χ0) is 17.0. The topological polar surface area (TPSA) is 74.4 Å². The molecule has 5 nitrogen and oxygen atoms in total. The van der Waals surface area contributed by atoms with E-state index in [1.807, 2.05) is 0 Å². The normalized spacial score (nSPS) is 11.1. The average molecular weight is 318 g/mol. The number of nitrogen functional groups attached to an aromatic ring is 1. The number of nitrogens with zero attached hydrogens (tertiary/aromatic N) is 1. The molecule has 2 rings (SSSR count). The van der Waals surface area contributed by atoms with Crippen LogP contribution in [0.5, 0.6) is 5.75 Å². The maximum Gasteiger partial charge on any atom is 0.349 e. The van der Waals surface area contributed by atoms with Crippen LogP contribution < -0.4 is 10.5 Å². The van der Waals surface area contributed by atoms with E-state index in [0.29, 0.717) is 17.3 Å². The standard InChI is InChI=1S/C17H19FN2O3/c1-4-22-16(21)17(2,3)23-11-8-9-13(18)12(10-11)14-6-5-7-15(19)20-14/h5-10H,4H2,1-3H3,(H2,19,20). The molecule has 0 aliphatic rings. The lowest BCUT2D eigenvalue weighted by atomic mass is 10.1. The molecule has 23 heavy (non-hydrogen) atoms. The summed E-state index contributed by atoms with van der Waals surface area (Å²) in [6, 6.07) is 9.15. The average Bonchev–Trinajstić information content (AvgIpc) is 2.49. The Hall–Kier alpha value is -2.63. The van der Waals surface area contributed by atoms with Crippen LogP contribution in [0.1, 0.15) is 20.8 Å². The fraction of sp³-hybridized carbons (Fsp3) is 0.294. The zero-order valence-electron chi connectivity index (χ0n) is 13.3. The molecule has 0 atom stereocenters. The van der Waals surface area contributed by atoms with Gasteiger partial charge in [-0.25, -0.2) is 14.2 Å². The summed E-state index contributed by atoms with van der Waals surface area (Å²) in [5.41, 5.74) is 5.08. The molecule has 122 valence electrons. The predicted molar refractivity (Wildman–Crippen MR) is 85.4 cm³/mol. The third-order valence-corrected chi connectivity index (χ3v) is 3.12. The molecule has 0 spiro atoms. The van der Waals surface area contributed by atoms with Gasteiger partial charge in [-0.05, 0) is 51.1 Å². The third-order valence-electron chi connectivity index (χ3n) is 3.12. The molecular weight excluding hydrogens is 299 g/mol. The van der Waals surface area contributed by atoms with Gasteiger partial charge in [0.05, 0.1) is 12.3 Å².